The van der Waals surface area contributed by atoms with Gasteiger partial charge in [-0.1, -0.05) is 66.2 Å². The van der Waals surface area contributed by atoms with E-state index < -0.39 is 0 Å². The summed E-state index contributed by atoms with van der Waals surface area (Å²) >= 11 is 0. The Morgan fingerprint density at radius 2 is 1.77 bits per heavy atom. The van der Waals surface area contributed by atoms with Crippen molar-refractivity contribution in [3.63, 3.8) is 0 Å². The molecule has 0 spiro atoms. The minimum Gasteiger partial charge on any atom is -0.361 e. The summed E-state index contributed by atoms with van der Waals surface area (Å²) in [5.74, 6) is 0. The zero-order valence-corrected chi connectivity index (χ0v) is 12.6. The second-order valence-corrected chi connectivity index (χ2v) is 5.57. The van der Waals surface area contributed by atoms with E-state index in [1.165, 1.54) is 16.7 Å². The molecule has 0 unspecified atom stereocenters. The maximum absolute atomic E-state index is 9.17. The van der Waals surface area contributed by atoms with Crippen LogP contribution in [0.5, 0.6) is 0 Å². The van der Waals surface area contributed by atoms with Gasteiger partial charge in [-0.3, -0.25) is 0 Å². The molecule has 1 atom stereocenters. The predicted octanol–water partition coefficient (Wildman–Crippen LogP) is 4.52. The largest absolute Gasteiger partial charge is 0.361 e. The van der Waals surface area contributed by atoms with Crippen LogP contribution in [0.4, 0.5) is 0 Å². The van der Waals surface area contributed by atoms with Gasteiger partial charge in [0.1, 0.15) is 6.07 Å². The Bertz CT molecular complexity index is 734. The maximum atomic E-state index is 9.17. The van der Waals surface area contributed by atoms with Crippen LogP contribution in [-0.2, 0) is 6.54 Å². The monoisotopic (exact) mass is 286 g/mol. The molecule has 2 heteroatoms. The molecule has 2 aromatic carbocycles. The van der Waals surface area contributed by atoms with E-state index in [9.17, 15) is 5.26 Å². The first-order chi connectivity index (χ1) is 10.8. The SMILES string of the molecule is Cc1ccc([C@H]2C=CC(C#N)=CN2Cc2ccccc2)cc1. The van der Waals surface area contributed by atoms with Crippen LogP contribution in [0.15, 0.2) is 78.5 Å². The first-order valence-electron chi connectivity index (χ1n) is 7.42. The third kappa shape index (κ3) is 3.10. The molecule has 0 amide bonds. The van der Waals surface area contributed by atoms with Gasteiger partial charge in [0, 0.05) is 12.7 Å². The number of hydrogen-bond donors (Lipinski definition) is 0. The van der Waals surface area contributed by atoms with Crippen LogP contribution in [0.2, 0.25) is 0 Å². The molecule has 3 rings (SSSR count). The normalized spacial score (nSPS) is 17.0. The van der Waals surface area contributed by atoms with Gasteiger partial charge in [-0.05, 0) is 24.1 Å². The van der Waals surface area contributed by atoms with Crippen LogP contribution in [0.3, 0.4) is 0 Å². The van der Waals surface area contributed by atoms with Gasteiger partial charge < -0.3 is 4.90 Å². The zero-order valence-electron chi connectivity index (χ0n) is 12.6. The molecule has 0 saturated heterocycles. The maximum Gasteiger partial charge on any atom is 0.101 e. The zero-order chi connectivity index (χ0) is 15.4. The van der Waals surface area contributed by atoms with Gasteiger partial charge in [0.05, 0.1) is 11.6 Å². The summed E-state index contributed by atoms with van der Waals surface area (Å²) in [5.41, 5.74) is 4.43. The van der Waals surface area contributed by atoms with Crippen molar-refractivity contribution in [2.75, 3.05) is 0 Å². The van der Waals surface area contributed by atoms with E-state index in [1.54, 1.807) is 0 Å². The van der Waals surface area contributed by atoms with Gasteiger partial charge in [0.15, 0.2) is 0 Å². The van der Waals surface area contributed by atoms with Crippen molar-refractivity contribution in [3.8, 4) is 6.07 Å². The molecular formula is C20H18N2. The average Bonchev–Trinajstić information content (AvgIpc) is 2.57. The molecule has 1 aliphatic heterocycles. The number of rotatable bonds is 3. The van der Waals surface area contributed by atoms with E-state index in [2.05, 4.69) is 60.4 Å². The number of benzene rings is 2. The van der Waals surface area contributed by atoms with Gasteiger partial charge in [-0.25, -0.2) is 0 Å². The smallest absolute Gasteiger partial charge is 0.101 e. The highest BCUT2D eigenvalue weighted by Crippen LogP contribution is 2.29. The molecule has 0 fully saturated rings. The van der Waals surface area contributed by atoms with Crippen LogP contribution in [0, 0.1) is 18.3 Å². The first-order valence-corrected chi connectivity index (χ1v) is 7.42. The molecule has 0 aliphatic carbocycles. The first kappa shape index (κ1) is 14.2. The minimum absolute atomic E-state index is 0.165. The summed E-state index contributed by atoms with van der Waals surface area (Å²) in [6, 6.07) is 21.3. The third-order valence-electron chi connectivity index (χ3n) is 3.88. The molecule has 108 valence electrons. The summed E-state index contributed by atoms with van der Waals surface area (Å²) in [6.45, 7) is 2.88. The van der Waals surface area contributed by atoms with E-state index in [0.717, 1.165) is 6.54 Å². The van der Waals surface area contributed by atoms with Crippen LogP contribution in [0.1, 0.15) is 22.7 Å². The highest BCUT2D eigenvalue weighted by molar-refractivity contribution is 5.39. The lowest BCUT2D eigenvalue weighted by Crippen LogP contribution is -2.24. The van der Waals surface area contributed by atoms with E-state index in [4.69, 9.17) is 0 Å². The summed E-state index contributed by atoms with van der Waals surface area (Å²) in [7, 11) is 0. The Hall–Kier alpha value is -2.79. The number of hydrogen-bond acceptors (Lipinski definition) is 2. The molecular weight excluding hydrogens is 268 g/mol. The van der Waals surface area contributed by atoms with Crippen molar-refractivity contribution in [2.45, 2.75) is 19.5 Å². The molecule has 22 heavy (non-hydrogen) atoms. The standard InChI is InChI=1S/C20H18N2/c1-16-7-10-19(11-8-16)20-12-9-18(13-21)15-22(20)14-17-5-3-2-4-6-17/h2-12,15,20H,14H2,1H3/t20-/m1/s1. The van der Waals surface area contributed by atoms with Crippen molar-refractivity contribution in [3.05, 3.63) is 95.2 Å². The fourth-order valence-electron chi connectivity index (χ4n) is 2.68. The number of nitrogens with zero attached hydrogens (tertiary/aromatic N) is 2. The third-order valence-corrected chi connectivity index (χ3v) is 3.88. The Morgan fingerprint density at radius 3 is 2.45 bits per heavy atom. The quantitative estimate of drug-likeness (QED) is 0.829. The molecule has 1 heterocycles. The Kier molecular flexibility index (Phi) is 4.07. The van der Waals surface area contributed by atoms with Crippen molar-refractivity contribution in [1.29, 1.82) is 5.26 Å². The highest BCUT2D eigenvalue weighted by atomic mass is 15.1. The van der Waals surface area contributed by atoms with E-state index in [0.29, 0.717) is 5.57 Å². The van der Waals surface area contributed by atoms with Crippen molar-refractivity contribution in [1.82, 2.24) is 4.90 Å². The lowest BCUT2D eigenvalue weighted by Gasteiger charge is -2.31. The summed E-state index contributed by atoms with van der Waals surface area (Å²) in [5, 5.41) is 9.17. The van der Waals surface area contributed by atoms with Gasteiger partial charge in [-0.2, -0.15) is 5.26 Å². The molecule has 0 radical (unpaired) electrons. The summed E-state index contributed by atoms with van der Waals surface area (Å²) < 4.78 is 0. The van der Waals surface area contributed by atoms with Crippen LogP contribution < -0.4 is 0 Å². The Labute approximate surface area is 131 Å². The fraction of sp³-hybridized carbons (Fsp3) is 0.150. The van der Waals surface area contributed by atoms with Crippen LogP contribution in [-0.4, -0.2) is 4.90 Å². The van der Waals surface area contributed by atoms with E-state index >= 15 is 0 Å². The van der Waals surface area contributed by atoms with E-state index in [1.807, 2.05) is 30.5 Å². The van der Waals surface area contributed by atoms with Gasteiger partial charge in [-0.15, -0.1) is 0 Å². The minimum atomic E-state index is 0.165. The van der Waals surface area contributed by atoms with Crippen LogP contribution in [0.25, 0.3) is 0 Å². The summed E-state index contributed by atoms with van der Waals surface area (Å²) in [4.78, 5) is 2.22. The van der Waals surface area contributed by atoms with Crippen molar-refractivity contribution in [2.24, 2.45) is 0 Å². The predicted molar refractivity (Wildman–Crippen MR) is 88.7 cm³/mol. The Morgan fingerprint density at radius 1 is 1.05 bits per heavy atom. The van der Waals surface area contributed by atoms with Gasteiger partial charge >= 0.3 is 0 Å². The lowest BCUT2D eigenvalue weighted by atomic mass is 9.99. The lowest BCUT2D eigenvalue weighted by molar-refractivity contribution is 0.311. The molecule has 1 aliphatic rings. The van der Waals surface area contributed by atoms with Crippen molar-refractivity contribution < 1.29 is 0 Å². The molecule has 0 bridgehead atoms. The highest BCUT2D eigenvalue weighted by Gasteiger charge is 2.19. The number of aryl methyl sites for hydroxylation is 1. The second-order valence-electron chi connectivity index (χ2n) is 5.57. The van der Waals surface area contributed by atoms with Crippen LogP contribution >= 0.6 is 0 Å². The molecule has 2 nitrogen and oxygen atoms in total. The number of allylic oxidation sites excluding steroid dienone is 2. The van der Waals surface area contributed by atoms with Gasteiger partial charge in [0.2, 0.25) is 0 Å². The Balaban J connectivity index is 1.90. The van der Waals surface area contributed by atoms with E-state index in [-0.39, 0.29) is 6.04 Å². The molecule has 0 saturated carbocycles. The second kappa shape index (κ2) is 6.32. The summed E-state index contributed by atoms with van der Waals surface area (Å²) in [6.07, 6.45) is 5.97. The molecule has 0 N–H and O–H groups in total. The van der Waals surface area contributed by atoms with Gasteiger partial charge in [0.25, 0.3) is 0 Å². The topological polar surface area (TPSA) is 27.0 Å². The average molecular weight is 286 g/mol. The number of nitriles is 1. The van der Waals surface area contributed by atoms with Crippen molar-refractivity contribution >= 4 is 0 Å². The molecule has 2 aromatic rings. The fourth-order valence-corrected chi connectivity index (χ4v) is 2.68. The molecule has 0 aromatic heterocycles.